The predicted octanol–water partition coefficient (Wildman–Crippen LogP) is 1.25. The fourth-order valence-corrected chi connectivity index (χ4v) is 1.61. The lowest BCUT2D eigenvalue weighted by Gasteiger charge is -2.30. The maximum atomic E-state index is 9.32. The van der Waals surface area contributed by atoms with E-state index in [-0.39, 0.29) is 0 Å². The number of aliphatic hydroxyl groups excluding tert-OH is 1. The van der Waals surface area contributed by atoms with E-state index in [0.29, 0.717) is 5.76 Å². The summed E-state index contributed by atoms with van der Waals surface area (Å²) in [5.41, 5.74) is 1.13. The smallest absolute Gasteiger partial charge is 0.0984 e. The molecule has 1 aliphatic carbocycles. The monoisotopic (exact) mass is 180 g/mol. The lowest BCUT2D eigenvalue weighted by atomic mass is 10.1. The molecule has 3 nitrogen and oxygen atoms in total. The van der Waals surface area contributed by atoms with Gasteiger partial charge in [0.15, 0.2) is 0 Å². The molecule has 0 spiro atoms. The summed E-state index contributed by atoms with van der Waals surface area (Å²) < 4.78 is 5.26. The van der Waals surface area contributed by atoms with Crippen molar-refractivity contribution in [2.45, 2.75) is 6.42 Å². The number of morpholine rings is 1. The zero-order valence-electron chi connectivity index (χ0n) is 7.57. The van der Waals surface area contributed by atoms with Crippen molar-refractivity contribution >= 4 is 0 Å². The highest BCUT2D eigenvalue weighted by molar-refractivity contribution is 5.29. The topological polar surface area (TPSA) is 32.7 Å². The highest BCUT2D eigenvalue weighted by Gasteiger charge is 2.14. The molecule has 1 fully saturated rings. The van der Waals surface area contributed by atoms with Crippen LogP contribution in [0.2, 0.25) is 0 Å². The number of aliphatic hydroxyl groups is 1. The zero-order valence-corrected chi connectivity index (χ0v) is 7.57. The molecular weight excluding hydrogens is 166 g/mol. The van der Waals surface area contributed by atoms with Gasteiger partial charge in [-0.1, -0.05) is 6.08 Å². The van der Waals surface area contributed by atoms with Gasteiger partial charge in [0.05, 0.1) is 19.0 Å². The number of ether oxygens (including phenoxy) is 1. The molecular formula is C10H14NO2. The standard InChI is InChI=1S/C10H14NO2/c12-10-3-1-2-9(8-10)11-4-6-13-7-5-11/h2-3,8,12H,1,4-7H2. The molecule has 1 N–H and O–H groups in total. The second-order valence-electron chi connectivity index (χ2n) is 3.24. The van der Waals surface area contributed by atoms with Gasteiger partial charge in [-0.05, 0) is 12.5 Å². The summed E-state index contributed by atoms with van der Waals surface area (Å²) in [6.45, 7) is 3.43. The maximum absolute atomic E-state index is 9.32. The zero-order chi connectivity index (χ0) is 9.10. The van der Waals surface area contributed by atoms with Gasteiger partial charge < -0.3 is 14.7 Å². The van der Waals surface area contributed by atoms with Gasteiger partial charge in [-0.3, -0.25) is 0 Å². The summed E-state index contributed by atoms with van der Waals surface area (Å²) in [5, 5.41) is 9.32. The first-order chi connectivity index (χ1) is 6.36. The first-order valence-electron chi connectivity index (χ1n) is 4.63. The van der Waals surface area contributed by atoms with Crippen LogP contribution in [0.4, 0.5) is 0 Å². The van der Waals surface area contributed by atoms with Gasteiger partial charge in [0.2, 0.25) is 0 Å². The first-order valence-corrected chi connectivity index (χ1v) is 4.63. The fourth-order valence-electron chi connectivity index (χ4n) is 1.61. The van der Waals surface area contributed by atoms with Crippen LogP contribution >= 0.6 is 0 Å². The minimum absolute atomic E-state index is 0.379. The van der Waals surface area contributed by atoms with Crippen molar-refractivity contribution in [1.29, 1.82) is 0 Å². The summed E-state index contributed by atoms with van der Waals surface area (Å²) in [7, 11) is 0. The van der Waals surface area contributed by atoms with Crippen LogP contribution in [-0.4, -0.2) is 36.3 Å². The minimum atomic E-state index is 0.379. The summed E-state index contributed by atoms with van der Waals surface area (Å²) in [6.07, 6.45) is 6.58. The molecule has 0 saturated carbocycles. The van der Waals surface area contributed by atoms with Crippen LogP contribution < -0.4 is 0 Å². The van der Waals surface area contributed by atoms with Crippen molar-refractivity contribution in [3.8, 4) is 0 Å². The first kappa shape index (κ1) is 8.63. The Morgan fingerprint density at radius 1 is 1.31 bits per heavy atom. The van der Waals surface area contributed by atoms with Gasteiger partial charge in [0.25, 0.3) is 0 Å². The van der Waals surface area contributed by atoms with Gasteiger partial charge in [-0.25, -0.2) is 0 Å². The molecule has 0 unspecified atom stereocenters. The number of allylic oxidation sites excluding steroid dienone is 3. The Labute approximate surface area is 78.3 Å². The van der Waals surface area contributed by atoms with Crippen molar-refractivity contribution in [3.63, 3.8) is 0 Å². The van der Waals surface area contributed by atoms with Crippen LogP contribution in [0, 0.1) is 6.42 Å². The number of nitrogens with zero attached hydrogens (tertiary/aromatic N) is 1. The lowest BCUT2D eigenvalue weighted by molar-refractivity contribution is 0.0549. The molecule has 0 aromatic rings. The minimum Gasteiger partial charge on any atom is -0.512 e. The number of hydrogen-bond donors (Lipinski definition) is 1. The lowest BCUT2D eigenvalue weighted by Crippen LogP contribution is -2.35. The SMILES string of the molecule is OC1=CC(N2CCOCC2)=CC[CH]1. The van der Waals surface area contributed by atoms with Gasteiger partial charge in [0.1, 0.15) is 0 Å². The van der Waals surface area contributed by atoms with Crippen molar-refractivity contribution in [1.82, 2.24) is 4.90 Å². The third-order valence-electron chi connectivity index (χ3n) is 2.33. The Balaban J connectivity index is 2.02. The van der Waals surface area contributed by atoms with E-state index >= 15 is 0 Å². The fraction of sp³-hybridized carbons (Fsp3) is 0.500. The quantitative estimate of drug-likeness (QED) is 0.659. The molecule has 0 bridgehead atoms. The van der Waals surface area contributed by atoms with Crippen LogP contribution in [0.25, 0.3) is 0 Å². The molecule has 71 valence electrons. The average Bonchev–Trinajstić information content (AvgIpc) is 2.19. The second-order valence-corrected chi connectivity index (χ2v) is 3.24. The Morgan fingerprint density at radius 2 is 2.08 bits per heavy atom. The Bertz CT molecular complexity index is 239. The van der Waals surface area contributed by atoms with E-state index in [9.17, 15) is 5.11 Å². The molecule has 1 aliphatic heterocycles. The largest absolute Gasteiger partial charge is 0.512 e. The average molecular weight is 180 g/mol. The number of rotatable bonds is 1. The molecule has 2 aliphatic rings. The summed E-state index contributed by atoms with van der Waals surface area (Å²) in [5.74, 6) is 0.379. The van der Waals surface area contributed by atoms with Gasteiger partial charge in [0, 0.05) is 25.2 Å². The van der Waals surface area contributed by atoms with E-state index in [4.69, 9.17) is 4.74 Å². The van der Waals surface area contributed by atoms with Gasteiger partial charge in [-0.2, -0.15) is 0 Å². The summed E-state index contributed by atoms with van der Waals surface area (Å²) in [6, 6.07) is 0. The van der Waals surface area contributed by atoms with Crippen LogP contribution in [0.1, 0.15) is 6.42 Å². The third-order valence-corrected chi connectivity index (χ3v) is 2.33. The molecule has 1 radical (unpaired) electrons. The highest BCUT2D eigenvalue weighted by Crippen LogP contribution is 2.18. The molecule has 0 aromatic heterocycles. The van der Waals surface area contributed by atoms with Crippen molar-refractivity contribution < 1.29 is 9.84 Å². The molecule has 3 heteroatoms. The second kappa shape index (κ2) is 3.83. The molecule has 2 rings (SSSR count). The Kier molecular flexibility index (Phi) is 2.54. The van der Waals surface area contributed by atoms with E-state index in [1.54, 1.807) is 0 Å². The Hall–Kier alpha value is -0.960. The van der Waals surface area contributed by atoms with E-state index in [0.717, 1.165) is 38.4 Å². The van der Waals surface area contributed by atoms with Crippen LogP contribution in [-0.2, 0) is 4.74 Å². The molecule has 0 amide bonds. The summed E-state index contributed by atoms with van der Waals surface area (Å²) in [4.78, 5) is 2.24. The molecule has 0 aromatic carbocycles. The van der Waals surface area contributed by atoms with Gasteiger partial charge in [-0.15, -0.1) is 0 Å². The van der Waals surface area contributed by atoms with Gasteiger partial charge >= 0.3 is 0 Å². The molecule has 1 heterocycles. The summed E-state index contributed by atoms with van der Waals surface area (Å²) >= 11 is 0. The van der Waals surface area contributed by atoms with Crippen LogP contribution in [0.3, 0.4) is 0 Å². The molecule has 1 saturated heterocycles. The van der Waals surface area contributed by atoms with Crippen molar-refractivity contribution in [2.75, 3.05) is 26.3 Å². The van der Waals surface area contributed by atoms with E-state index < -0.39 is 0 Å². The Morgan fingerprint density at radius 3 is 2.77 bits per heavy atom. The molecule has 13 heavy (non-hydrogen) atoms. The van der Waals surface area contributed by atoms with Crippen LogP contribution in [0.15, 0.2) is 23.6 Å². The maximum Gasteiger partial charge on any atom is 0.0984 e. The third kappa shape index (κ3) is 2.04. The normalized spacial score (nSPS) is 23.8. The molecule has 0 atom stereocenters. The van der Waals surface area contributed by atoms with Crippen LogP contribution in [0.5, 0.6) is 0 Å². The van der Waals surface area contributed by atoms with E-state index in [1.165, 1.54) is 0 Å². The predicted molar refractivity (Wildman–Crippen MR) is 50.1 cm³/mol. The number of hydrogen-bond acceptors (Lipinski definition) is 3. The van der Waals surface area contributed by atoms with E-state index in [1.807, 2.05) is 12.5 Å². The van der Waals surface area contributed by atoms with Crippen molar-refractivity contribution in [2.24, 2.45) is 0 Å². The van der Waals surface area contributed by atoms with Crippen molar-refractivity contribution in [3.05, 3.63) is 30.0 Å². The van der Waals surface area contributed by atoms with E-state index in [2.05, 4.69) is 11.0 Å². The highest BCUT2D eigenvalue weighted by atomic mass is 16.5.